The van der Waals surface area contributed by atoms with Crippen molar-refractivity contribution in [3.63, 3.8) is 0 Å². The third kappa shape index (κ3) is 5.48. The van der Waals surface area contributed by atoms with E-state index >= 15 is 0 Å². The molecule has 0 unspecified atom stereocenters. The van der Waals surface area contributed by atoms with Crippen LogP contribution in [-0.2, 0) is 9.59 Å². The van der Waals surface area contributed by atoms with Gasteiger partial charge in [-0.3, -0.25) is 14.5 Å². The Morgan fingerprint density at radius 3 is 2.04 bits per heavy atom. The van der Waals surface area contributed by atoms with E-state index in [2.05, 4.69) is 10.6 Å². The van der Waals surface area contributed by atoms with Crippen LogP contribution in [-0.4, -0.2) is 36.9 Å². The fourth-order valence-corrected chi connectivity index (χ4v) is 2.13. The summed E-state index contributed by atoms with van der Waals surface area (Å²) in [6.45, 7) is -0.670. The predicted molar refractivity (Wildman–Crippen MR) is 87.4 cm³/mol. The van der Waals surface area contributed by atoms with Gasteiger partial charge < -0.3 is 10.6 Å². The van der Waals surface area contributed by atoms with Gasteiger partial charge in [-0.15, -0.1) is 0 Å². The minimum atomic E-state index is -1.72. The molecule has 0 bridgehead atoms. The van der Waals surface area contributed by atoms with Crippen LogP contribution in [0.1, 0.15) is 0 Å². The number of rotatable bonds is 6. The van der Waals surface area contributed by atoms with Crippen molar-refractivity contribution in [1.29, 1.82) is 0 Å². The standard InChI is InChI=1S/C17H14F5N3O2/c1-25(7-14(26)23-9-2-3-10(18)12(20)6-9)8-15(27)24-13-5-4-11(19)16(21)17(13)22/h2-6H,7-8H2,1H3,(H,23,26)(H,24,27). The number of amides is 2. The maximum Gasteiger partial charge on any atom is 0.238 e. The highest BCUT2D eigenvalue weighted by Gasteiger charge is 2.17. The first-order valence-corrected chi connectivity index (χ1v) is 7.54. The van der Waals surface area contributed by atoms with Crippen LogP contribution in [0.15, 0.2) is 30.3 Å². The van der Waals surface area contributed by atoms with Gasteiger partial charge in [0.15, 0.2) is 29.1 Å². The zero-order valence-electron chi connectivity index (χ0n) is 14.0. The molecule has 2 aromatic carbocycles. The average molecular weight is 387 g/mol. The Morgan fingerprint density at radius 1 is 0.815 bits per heavy atom. The normalized spacial score (nSPS) is 10.8. The molecule has 2 rings (SSSR count). The molecule has 0 saturated heterocycles. The lowest BCUT2D eigenvalue weighted by atomic mass is 10.2. The first-order valence-electron chi connectivity index (χ1n) is 7.54. The maximum atomic E-state index is 13.5. The number of hydrogen-bond donors (Lipinski definition) is 2. The van der Waals surface area contributed by atoms with Gasteiger partial charge in [0.05, 0.1) is 18.8 Å². The van der Waals surface area contributed by atoms with E-state index in [0.717, 1.165) is 24.3 Å². The summed E-state index contributed by atoms with van der Waals surface area (Å²) in [5.74, 6) is -8.23. The van der Waals surface area contributed by atoms with Crippen molar-refractivity contribution in [2.75, 3.05) is 30.8 Å². The lowest BCUT2D eigenvalue weighted by molar-refractivity contribution is -0.119. The van der Waals surface area contributed by atoms with Gasteiger partial charge in [-0.1, -0.05) is 0 Å². The Labute approximate surface area is 150 Å². The zero-order chi connectivity index (χ0) is 20.1. The van der Waals surface area contributed by atoms with Crippen LogP contribution < -0.4 is 10.6 Å². The molecule has 2 N–H and O–H groups in total. The van der Waals surface area contributed by atoms with Crippen molar-refractivity contribution in [1.82, 2.24) is 4.90 Å². The van der Waals surface area contributed by atoms with E-state index in [1.807, 2.05) is 0 Å². The zero-order valence-corrected chi connectivity index (χ0v) is 14.0. The van der Waals surface area contributed by atoms with Crippen LogP contribution in [0.4, 0.5) is 33.3 Å². The van der Waals surface area contributed by atoms with Crippen molar-refractivity contribution in [2.45, 2.75) is 0 Å². The molecular weight excluding hydrogens is 373 g/mol. The van der Waals surface area contributed by atoms with Crippen molar-refractivity contribution < 1.29 is 31.5 Å². The van der Waals surface area contributed by atoms with Crippen LogP contribution in [0.2, 0.25) is 0 Å². The molecule has 0 heterocycles. The number of halogens is 5. The molecule has 0 radical (unpaired) electrons. The number of likely N-dealkylation sites (N-methyl/N-ethyl adjacent to an activating group) is 1. The highest BCUT2D eigenvalue weighted by Crippen LogP contribution is 2.19. The van der Waals surface area contributed by atoms with Gasteiger partial charge in [0, 0.05) is 11.8 Å². The predicted octanol–water partition coefficient (Wildman–Crippen LogP) is 2.89. The fourth-order valence-electron chi connectivity index (χ4n) is 2.13. The topological polar surface area (TPSA) is 61.4 Å². The Balaban J connectivity index is 1.88. The van der Waals surface area contributed by atoms with Gasteiger partial charge in [-0.2, -0.15) is 0 Å². The van der Waals surface area contributed by atoms with E-state index in [9.17, 15) is 31.5 Å². The van der Waals surface area contributed by atoms with E-state index in [1.165, 1.54) is 11.9 Å². The number of benzene rings is 2. The molecule has 27 heavy (non-hydrogen) atoms. The van der Waals surface area contributed by atoms with Crippen LogP contribution in [0.5, 0.6) is 0 Å². The third-order valence-electron chi connectivity index (χ3n) is 3.34. The monoisotopic (exact) mass is 387 g/mol. The fraction of sp³-hybridized carbons (Fsp3) is 0.176. The lowest BCUT2D eigenvalue weighted by Gasteiger charge is -2.16. The van der Waals surface area contributed by atoms with E-state index in [4.69, 9.17) is 0 Å². The Kier molecular flexibility index (Phi) is 6.45. The highest BCUT2D eigenvalue weighted by atomic mass is 19.2. The van der Waals surface area contributed by atoms with Crippen molar-refractivity contribution in [2.24, 2.45) is 0 Å². The van der Waals surface area contributed by atoms with Crippen LogP contribution in [0.25, 0.3) is 0 Å². The van der Waals surface area contributed by atoms with E-state index in [-0.39, 0.29) is 18.8 Å². The summed E-state index contributed by atoms with van der Waals surface area (Å²) in [6, 6.07) is 4.33. The smallest absolute Gasteiger partial charge is 0.238 e. The summed E-state index contributed by atoms with van der Waals surface area (Å²) in [4.78, 5) is 24.9. The molecule has 0 saturated carbocycles. The third-order valence-corrected chi connectivity index (χ3v) is 3.34. The second-order valence-electron chi connectivity index (χ2n) is 5.62. The molecule has 0 aliphatic rings. The summed E-state index contributed by atoms with van der Waals surface area (Å²) in [6.07, 6.45) is 0. The van der Waals surface area contributed by atoms with Crippen molar-refractivity contribution >= 4 is 23.2 Å². The molecule has 5 nitrogen and oxygen atoms in total. The van der Waals surface area contributed by atoms with E-state index in [0.29, 0.717) is 6.07 Å². The van der Waals surface area contributed by atoms with Gasteiger partial charge in [0.25, 0.3) is 0 Å². The molecule has 0 aliphatic carbocycles. The van der Waals surface area contributed by atoms with Gasteiger partial charge in [-0.05, 0) is 31.3 Å². The van der Waals surface area contributed by atoms with Gasteiger partial charge in [0.2, 0.25) is 11.8 Å². The summed E-state index contributed by atoms with van der Waals surface area (Å²) < 4.78 is 65.4. The summed E-state index contributed by atoms with van der Waals surface area (Å²) in [7, 11) is 1.39. The van der Waals surface area contributed by atoms with E-state index < -0.39 is 46.6 Å². The first kappa shape index (κ1) is 20.3. The number of nitrogens with one attached hydrogen (secondary N) is 2. The van der Waals surface area contributed by atoms with Crippen LogP contribution in [0, 0.1) is 29.1 Å². The number of nitrogens with zero attached hydrogens (tertiary/aromatic N) is 1. The van der Waals surface area contributed by atoms with Gasteiger partial charge >= 0.3 is 0 Å². The van der Waals surface area contributed by atoms with Crippen molar-refractivity contribution in [3.05, 3.63) is 59.4 Å². The molecule has 0 fully saturated rings. The molecule has 144 valence electrons. The quantitative estimate of drug-likeness (QED) is 0.592. The van der Waals surface area contributed by atoms with E-state index in [1.54, 1.807) is 0 Å². The Morgan fingerprint density at radius 2 is 1.41 bits per heavy atom. The Hall–Kier alpha value is -3.01. The molecule has 0 atom stereocenters. The molecule has 0 aliphatic heterocycles. The summed E-state index contributed by atoms with van der Waals surface area (Å²) in [5.41, 5.74) is -0.515. The molecule has 10 heteroatoms. The number of anilines is 2. The number of carbonyl (C=O) groups is 2. The maximum absolute atomic E-state index is 13.5. The van der Waals surface area contributed by atoms with Gasteiger partial charge in [-0.25, -0.2) is 22.0 Å². The number of hydrogen-bond acceptors (Lipinski definition) is 3. The largest absolute Gasteiger partial charge is 0.325 e. The minimum absolute atomic E-state index is 0.0283. The first-order chi connectivity index (χ1) is 12.7. The molecule has 2 amide bonds. The minimum Gasteiger partial charge on any atom is -0.325 e. The van der Waals surface area contributed by atoms with Crippen LogP contribution in [0.3, 0.4) is 0 Å². The summed E-state index contributed by atoms with van der Waals surface area (Å²) in [5, 5.41) is 4.38. The second-order valence-corrected chi connectivity index (χ2v) is 5.62. The van der Waals surface area contributed by atoms with Crippen LogP contribution >= 0.6 is 0 Å². The lowest BCUT2D eigenvalue weighted by Crippen LogP contribution is -2.36. The highest BCUT2D eigenvalue weighted by molar-refractivity contribution is 5.94. The molecule has 0 aromatic heterocycles. The van der Waals surface area contributed by atoms with Crippen molar-refractivity contribution in [3.8, 4) is 0 Å². The second kappa shape index (κ2) is 8.58. The molecular formula is C17H14F5N3O2. The Bertz CT molecular complexity index is 876. The number of carbonyl (C=O) groups excluding carboxylic acids is 2. The average Bonchev–Trinajstić information content (AvgIpc) is 2.58. The van der Waals surface area contributed by atoms with Gasteiger partial charge in [0.1, 0.15) is 0 Å². The molecule has 2 aromatic rings. The SMILES string of the molecule is CN(CC(=O)Nc1ccc(F)c(F)c1)CC(=O)Nc1ccc(F)c(F)c1F. The summed E-state index contributed by atoms with van der Waals surface area (Å²) >= 11 is 0. The molecule has 0 spiro atoms.